The summed E-state index contributed by atoms with van der Waals surface area (Å²) < 4.78 is 0. The molecule has 0 spiro atoms. The Morgan fingerprint density at radius 2 is 1.83 bits per heavy atom. The van der Waals surface area contributed by atoms with E-state index in [9.17, 15) is 4.79 Å². The van der Waals surface area contributed by atoms with Gasteiger partial charge in [-0.25, -0.2) is 0 Å². The Bertz CT molecular complexity index is 482. The number of hydrogen-bond donors (Lipinski definition) is 3. The molecule has 5 heteroatoms. The maximum Gasteiger partial charge on any atom is 0.221 e. The van der Waals surface area contributed by atoms with Crippen molar-refractivity contribution in [2.45, 2.75) is 46.5 Å². The van der Waals surface area contributed by atoms with E-state index in [-0.39, 0.29) is 5.91 Å². The van der Waals surface area contributed by atoms with E-state index >= 15 is 0 Å². The molecule has 1 aromatic carbocycles. The van der Waals surface area contributed by atoms with Gasteiger partial charge in [-0.1, -0.05) is 31.9 Å². The van der Waals surface area contributed by atoms with Gasteiger partial charge >= 0.3 is 0 Å². The predicted molar refractivity (Wildman–Crippen MR) is 98.0 cm³/mol. The van der Waals surface area contributed by atoms with Crippen molar-refractivity contribution in [3.8, 4) is 0 Å². The average molecular weight is 318 g/mol. The SMILES string of the molecule is CCCCCN=C(NCC)NCCc1ccc(NC(C)=O)cc1. The van der Waals surface area contributed by atoms with E-state index in [0.717, 1.165) is 44.1 Å². The third-order valence-corrected chi connectivity index (χ3v) is 3.36. The van der Waals surface area contributed by atoms with Gasteiger partial charge < -0.3 is 16.0 Å². The quantitative estimate of drug-likeness (QED) is 0.373. The number of amides is 1. The molecule has 1 rings (SSSR count). The molecule has 3 N–H and O–H groups in total. The van der Waals surface area contributed by atoms with E-state index < -0.39 is 0 Å². The zero-order chi connectivity index (χ0) is 16.9. The Kier molecular flexibility index (Phi) is 9.52. The van der Waals surface area contributed by atoms with Gasteiger partial charge in [0.05, 0.1) is 0 Å². The van der Waals surface area contributed by atoms with Crippen LogP contribution in [0.2, 0.25) is 0 Å². The van der Waals surface area contributed by atoms with Gasteiger partial charge in [-0.15, -0.1) is 0 Å². The van der Waals surface area contributed by atoms with Gasteiger partial charge in [-0.05, 0) is 37.5 Å². The first-order valence-electron chi connectivity index (χ1n) is 8.54. The van der Waals surface area contributed by atoms with Crippen molar-refractivity contribution >= 4 is 17.6 Å². The molecule has 0 aliphatic heterocycles. The second kappa shape index (κ2) is 11.5. The number of guanidine groups is 1. The van der Waals surface area contributed by atoms with Crippen LogP contribution in [0.15, 0.2) is 29.3 Å². The van der Waals surface area contributed by atoms with Gasteiger partial charge in [0, 0.05) is 32.2 Å². The fraction of sp³-hybridized carbons (Fsp3) is 0.556. The highest BCUT2D eigenvalue weighted by atomic mass is 16.1. The summed E-state index contributed by atoms with van der Waals surface area (Å²) in [5, 5.41) is 9.40. The summed E-state index contributed by atoms with van der Waals surface area (Å²) in [6, 6.07) is 7.94. The molecule has 0 aromatic heterocycles. The van der Waals surface area contributed by atoms with Crippen molar-refractivity contribution in [1.29, 1.82) is 0 Å². The van der Waals surface area contributed by atoms with Crippen molar-refractivity contribution in [3.63, 3.8) is 0 Å². The van der Waals surface area contributed by atoms with Crippen LogP contribution in [0.3, 0.4) is 0 Å². The molecule has 0 saturated heterocycles. The molecule has 0 bridgehead atoms. The van der Waals surface area contributed by atoms with Crippen molar-refractivity contribution in [2.75, 3.05) is 25.0 Å². The van der Waals surface area contributed by atoms with Gasteiger partial charge in [-0.2, -0.15) is 0 Å². The lowest BCUT2D eigenvalue weighted by Crippen LogP contribution is -2.38. The maximum absolute atomic E-state index is 11.0. The summed E-state index contributed by atoms with van der Waals surface area (Å²) in [5.41, 5.74) is 2.06. The normalized spacial score (nSPS) is 11.2. The molecule has 0 aliphatic carbocycles. The topological polar surface area (TPSA) is 65.5 Å². The minimum absolute atomic E-state index is 0.0472. The number of hydrogen-bond acceptors (Lipinski definition) is 2. The number of benzene rings is 1. The summed E-state index contributed by atoms with van der Waals surface area (Å²) >= 11 is 0. The van der Waals surface area contributed by atoms with E-state index in [2.05, 4.69) is 34.8 Å². The molecule has 0 radical (unpaired) electrons. The third-order valence-electron chi connectivity index (χ3n) is 3.36. The molecule has 128 valence electrons. The Hall–Kier alpha value is -2.04. The van der Waals surface area contributed by atoms with Crippen LogP contribution in [0.5, 0.6) is 0 Å². The van der Waals surface area contributed by atoms with Gasteiger partial charge in [0.15, 0.2) is 5.96 Å². The second-order valence-electron chi connectivity index (χ2n) is 5.52. The first-order valence-corrected chi connectivity index (χ1v) is 8.54. The first-order chi connectivity index (χ1) is 11.2. The standard InChI is InChI=1S/C18H30N4O/c1-4-6-7-13-20-18(19-5-2)21-14-12-16-8-10-17(11-9-16)22-15(3)23/h8-11H,4-7,12-14H2,1-3H3,(H,22,23)(H2,19,20,21). The van der Waals surface area contributed by atoms with Crippen molar-refractivity contribution in [1.82, 2.24) is 10.6 Å². The minimum atomic E-state index is -0.0472. The summed E-state index contributed by atoms with van der Waals surface area (Å²) in [6.07, 6.45) is 4.49. The molecule has 0 unspecified atom stereocenters. The Labute approximate surface area is 140 Å². The highest BCUT2D eigenvalue weighted by Gasteiger charge is 1.99. The average Bonchev–Trinajstić information content (AvgIpc) is 2.52. The predicted octanol–water partition coefficient (Wildman–Crippen LogP) is 2.93. The van der Waals surface area contributed by atoms with Crippen LogP contribution in [0.25, 0.3) is 0 Å². The van der Waals surface area contributed by atoms with Gasteiger partial charge in [0.2, 0.25) is 5.91 Å². The smallest absolute Gasteiger partial charge is 0.221 e. The number of carbonyl (C=O) groups is 1. The zero-order valence-corrected chi connectivity index (χ0v) is 14.6. The van der Waals surface area contributed by atoms with E-state index in [1.807, 2.05) is 24.3 Å². The largest absolute Gasteiger partial charge is 0.357 e. The summed E-state index contributed by atoms with van der Waals surface area (Å²) in [7, 11) is 0. The number of aliphatic imine (C=N–C) groups is 1. The number of anilines is 1. The maximum atomic E-state index is 11.0. The van der Waals surface area contributed by atoms with Crippen LogP contribution < -0.4 is 16.0 Å². The van der Waals surface area contributed by atoms with Gasteiger partial charge in [-0.3, -0.25) is 9.79 Å². The van der Waals surface area contributed by atoms with Crippen LogP contribution in [0.1, 0.15) is 45.6 Å². The molecule has 0 fully saturated rings. The number of unbranched alkanes of at least 4 members (excludes halogenated alkanes) is 2. The molecular formula is C18H30N4O. The number of carbonyl (C=O) groups excluding carboxylic acids is 1. The summed E-state index contributed by atoms with van der Waals surface area (Å²) in [4.78, 5) is 15.6. The number of rotatable bonds is 9. The van der Waals surface area contributed by atoms with Crippen LogP contribution >= 0.6 is 0 Å². The van der Waals surface area contributed by atoms with E-state index in [0.29, 0.717) is 0 Å². The molecule has 5 nitrogen and oxygen atoms in total. The second-order valence-corrected chi connectivity index (χ2v) is 5.52. The molecule has 1 amide bonds. The highest BCUT2D eigenvalue weighted by Crippen LogP contribution is 2.09. The Morgan fingerprint density at radius 3 is 2.43 bits per heavy atom. The molecule has 23 heavy (non-hydrogen) atoms. The van der Waals surface area contributed by atoms with Crippen molar-refractivity contribution in [3.05, 3.63) is 29.8 Å². The molecule has 0 heterocycles. The van der Waals surface area contributed by atoms with Crippen LogP contribution in [0.4, 0.5) is 5.69 Å². The molecule has 1 aromatic rings. The van der Waals surface area contributed by atoms with Crippen LogP contribution in [-0.4, -0.2) is 31.5 Å². The summed E-state index contributed by atoms with van der Waals surface area (Å²) in [5.74, 6) is 0.840. The van der Waals surface area contributed by atoms with Crippen molar-refractivity contribution in [2.24, 2.45) is 4.99 Å². The fourth-order valence-corrected chi connectivity index (χ4v) is 2.18. The van der Waals surface area contributed by atoms with Gasteiger partial charge in [0.1, 0.15) is 0 Å². The lowest BCUT2D eigenvalue weighted by molar-refractivity contribution is -0.114. The highest BCUT2D eigenvalue weighted by molar-refractivity contribution is 5.88. The lowest BCUT2D eigenvalue weighted by Gasteiger charge is -2.11. The van der Waals surface area contributed by atoms with E-state index in [4.69, 9.17) is 0 Å². The lowest BCUT2D eigenvalue weighted by atomic mass is 10.1. The third kappa shape index (κ3) is 8.86. The summed E-state index contributed by atoms with van der Waals surface area (Å²) in [6.45, 7) is 8.35. The first kappa shape index (κ1) is 19.0. The Morgan fingerprint density at radius 1 is 1.09 bits per heavy atom. The molecule has 0 saturated carbocycles. The number of nitrogens with zero attached hydrogens (tertiary/aromatic N) is 1. The van der Waals surface area contributed by atoms with E-state index in [1.54, 1.807) is 0 Å². The monoisotopic (exact) mass is 318 g/mol. The zero-order valence-electron chi connectivity index (χ0n) is 14.6. The minimum Gasteiger partial charge on any atom is -0.357 e. The van der Waals surface area contributed by atoms with Crippen LogP contribution in [-0.2, 0) is 11.2 Å². The number of nitrogens with one attached hydrogen (secondary N) is 3. The fourth-order valence-electron chi connectivity index (χ4n) is 2.18. The Balaban J connectivity index is 2.38. The van der Waals surface area contributed by atoms with E-state index in [1.165, 1.54) is 25.3 Å². The van der Waals surface area contributed by atoms with Gasteiger partial charge in [0.25, 0.3) is 0 Å². The molecule has 0 aliphatic rings. The molecular weight excluding hydrogens is 288 g/mol. The van der Waals surface area contributed by atoms with Crippen LogP contribution in [0, 0.1) is 0 Å². The van der Waals surface area contributed by atoms with Crippen molar-refractivity contribution < 1.29 is 4.79 Å². The molecule has 0 atom stereocenters.